The highest BCUT2D eigenvalue weighted by atomic mass is 16.5. The van der Waals surface area contributed by atoms with Crippen molar-refractivity contribution >= 4 is 11.9 Å². The van der Waals surface area contributed by atoms with E-state index in [1.54, 1.807) is 38.7 Å². The molecule has 30 heavy (non-hydrogen) atoms. The number of aromatic nitrogens is 1. The van der Waals surface area contributed by atoms with Crippen molar-refractivity contribution in [2.24, 2.45) is 0 Å². The lowest BCUT2D eigenvalue weighted by molar-refractivity contribution is 0.0513. The average molecular weight is 415 g/mol. The number of carbonyl (C=O) groups is 2. The fourth-order valence-corrected chi connectivity index (χ4v) is 3.49. The molecule has 1 N–H and O–H groups in total. The molecule has 2 rings (SSSR count). The third kappa shape index (κ3) is 4.84. The van der Waals surface area contributed by atoms with Crippen molar-refractivity contribution in [3.05, 3.63) is 58.9 Å². The van der Waals surface area contributed by atoms with Crippen molar-refractivity contribution in [3.8, 4) is 11.5 Å². The zero-order chi connectivity index (χ0) is 22.3. The maximum atomic E-state index is 12.9. The van der Waals surface area contributed by atoms with Crippen molar-refractivity contribution in [2.75, 3.05) is 27.4 Å². The number of methoxy groups -OCH3 is 2. The molecule has 0 atom stereocenters. The molecule has 0 aliphatic rings. The van der Waals surface area contributed by atoms with Crippen LogP contribution in [0.2, 0.25) is 0 Å². The van der Waals surface area contributed by atoms with Gasteiger partial charge in [-0.3, -0.25) is 4.79 Å². The van der Waals surface area contributed by atoms with Gasteiger partial charge in [-0.05, 0) is 50.5 Å². The minimum absolute atomic E-state index is 0.223. The number of allylic oxidation sites excluding steroid dienone is 1. The van der Waals surface area contributed by atoms with Gasteiger partial charge in [0.15, 0.2) is 11.5 Å². The van der Waals surface area contributed by atoms with Crippen LogP contribution in [0.3, 0.4) is 0 Å². The van der Waals surface area contributed by atoms with Gasteiger partial charge in [-0.2, -0.15) is 0 Å². The van der Waals surface area contributed by atoms with Gasteiger partial charge in [0.25, 0.3) is 5.91 Å². The Morgan fingerprint density at radius 2 is 1.87 bits per heavy atom. The second kappa shape index (κ2) is 10.5. The highest BCUT2D eigenvalue weighted by molar-refractivity contribution is 6.01. The van der Waals surface area contributed by atoms with Crippen molar-refractivity contribution in [1.82, 2.24) is 9.88 Å². The lowest BCUT2D eigenvalue weighted by Crippen LogP contribution is -2.26. The predicted octanol–water partition coefficient (Wildman–Crippen LogP) is 3.46. The first-order valence-corrected chi connectivity index (χ1v) is 9.86. The molecule has 2 aromatic rings. The quantitative estimate of drug-likeness (QED) is 0.476. The molecule has 1 aromatic heterocycles. The van der Waals surface area contributed by atoms with E-state index in [9.17, 15) is 9.59 Å². The van der Waals surface area contributed by atoms with Crippen LogP contribution in [0.4, 0.5) is 0 Å². The van der Waals surface area contributed by atoms with Crippen LogP contribution in [0, 0.1) is 13.8 Å². The van der Waals surface area contributed by atoms with Crippen LogP contribution < -0.4 is 14.8 Å². The summed E-state index contributed by atoms with van der Waals surface area (Å²) in [5.74, 6) is 0.642. The molecule has 0 saturated carbocycles. The second-order valence-corrected chi connectivity index (χ2v) is 6.75. The van der Waals surface area contributed by atoms with E-state index in [1.807, 2.05) is 25.1 Å². The molecule has 0 bridgehead atoms. The standard InChI is InChI=1S/C23H30N2O5/c1-7-13-25-16(4)20(15(3)21(25)23(27)30-8-2)22(26)24-12-11-17-9-10-18(28-5)19(14-17)29-6/h7,9-10,14H,1,8,11-13H2,2-6H3,(H,24,26). The Balaban J connectivity index is 2.18. The van der Waals surface area contributed by atoms with Crippen molar-refractivity contribution in [1.29, 1.82) is 0 Å². The Morgan fingerprint density at radius 3 is 2.47 bits per heavy atom. The zero-order valence-electron chi connectivity index (χ0n) is 18.3. The lowest BCUT2D eigenvalue weighted by atomic mass is 10.1. The highest BCUT2D eigenvalue weighted by Crippen LogP contribution is 2.28. The van der Waals surface area contributed by atoms with Crippen LogP contribution in [0.25, 0.3) is 0 Å². The summed E-state index contributed by atoms with van der Waals surface area (Å²) in [5.41, 5.74) is 3.21. The first kappa shape index (κ1) is 23.1. The molecule has 1 heterocycles. The average Bonchev–Trinajstić information content (AvgIpc) is 2.98. The number of rotatable bonds is 10. The number of benzene rings is 1. The number of nitrogens with zero attached hydrogens (tertiary/aromatic N) is 1. The van der Waals surface area contributed by atoms with Crippen LogP contribution in [0.5, 0.6) is 11.5 Å². The van der Waals surface area contributed by atoms with Crippen molar-refractivity contribution < 1.29 is 23.8 Å². The van der Waals surface area contributed by atoms with Gasteiger partial charge < -0.3 is 24.1 Å². The minimum Gasteiger partial charge on any atom is -0.493 e. The molecular formula is C23H30N2O5. The third-order valence-electron chi connectivity index (χ3n) is 4.92. The molecule has 7 nitrogen and oxygen atoms in total. The molecule has 0 aliphatic heterocycles. The molecule has 1 amide bonds. The monoisotopic (exact) mass is 414 g/mol. The second-order valence-electron chi connectivity index (χ2n) is 6.75. The highest BCUT2D eigenvalue weighted by Gasteiger charge is 2.26. The summed E-state index contributed by atoms with van der Waals surface area (Å²) < 4.78 is 17.5. The van der Waals surface area contributed by atoms with Gasteiger partial charge in [-0.15, -0.1) is 6.58 Å². The largest absolute Gasteiger partial charge is 0.493 e. The SMILES string of the molecule is C=CCn1c(C)c(C(=O)NCCc2ccc(OC)c(OC)c2)c(C)c1C(=O)OCC. The molecule has 0 fully saturated rings. The van der Waals surface area contributed by atoms with Gasteiger partial charge in [0.1, 0.15) is 5.69 Å². The van der Waals surface area contributed by atoms with Crippen LogP contribution in [0.1, 0.15) is 44.6 Å². The van der Waals surface area contributed by atoms with E-state index in [2.05, 4.69) is 11.9 Å². The normalized spacial score (nSPS) is 10.4. The number of amides is 1. The number of carbonyl (C=O) groups excluding carboxylic acids is 2. The summed E-state index contributed by atoms with van der Waals surface area (Å²) in [6, 6.07) is 5.66. The predicted molar refractivity (Wildman–Crippen MR) is 116 cm³/mol. The first-order valence-electron chi connectivity index (χ1n) is 9.86. The Kier molecular flexibility index (Phi) is 8.09. The molecule has 7 heteroatoms. The number of ether oxygens (including phenoxy) is 3. The first-order chi connectivity index (χ1) is 14.4. The van der Waals surface area contributed by atoms with E-state index in [1.165, 1.54) is 0 Å². The number of hydrogen-bond acceptors (Lipinski definition) is 5. The fraction of sp³-hybridized carbons (Fsp3) is 0.391. The van der Waals surface area contributed by atoms with E-state index >= 15 is 0 Å². The molecule has 1 aromatic carbocycles. The maximum absolute atomic E-state index is 12.9. The Hall–Kier alpha value is -3.22. The van der Waals surface area contributed by atoms with Crippen LogP contribution in [-0.4, -0.2) is 43.8 Å². The lowest BCUT2D eigenvalue weighted by Gasteiger charge is -2.10. The summed E-state index contributed by atoms with van der Waals surface area (Å²) in [6.45, 7) is 10.2. The van der Waals surface area contributed by atoms with E-state index in [0.717, 1.165) is 5.56 Å². The van der Waals surface area contributed by atoms with Crippen molar-refractivity contribution in [3.63, 3.8) is 0 Å². The van der Waals surface area contributed by atoms with E-state index in [0.29, 0.717) is 53.5 Å². The van der Waals surface area contributed by atoms with Gasteiger partial charge in [-0.25, -0.2) is 4.79 Å². The zero-order valence-corrected chi connectivity index (χ0v) is 18.3. The number of nitrogens with one attached hydrogen (secondary N) is 1. The van der Waals surface area contributed by atoms with Gasteiger partial charge in [0, 0.05) is 18.8 Å². The minimum atomic E-state index is -0.440. The fourth-order valence-electron chi connectivity index (χ4n) is 3.49. The third-order valence-corrected chi connectivity index (χ3v) is 4.92. The molecule has 0 aliphatic carbocycles. The molecule has 0 unspecified atom stereocenters. The summed E-state index contributed by atoms with van der Waals surface area (Å²) in [4.78, 5) is 25.3. The summed E-state index contributed by atoms with van der Waals surface area (Å²) in [7, 11) is 3.18. The summed E-state index contributed by atoms with van der Waals surface area (Å²) in [5, 5.41) is 2.95. The van der Waals surface area contributed by atoms with E-state index in [4.69, 9.17) is 14.2 Å². The maximum Gasteiger partial charge on any atom is 0.355 e. The smallest absolute Gasteiger partial charge is 0.355 e. The Bertz CT molecular complexity index is 930. The number of hydrogen-bond donors (Lipinski definition) is 1. The van der Waals surface area contributed by atoms with Gasteiger partial charge >= 0.3 is 5.97 Å². The van der Waals surface area contributed by atoms with Gasteiger partial charge in [0.05, 0.1) is 26.4 Å². The molecule has 0 radical (unpaired) electrons. The number of esters is 1. The van der Waals surface area contributed by atoms with Gasteiger partial charge in [0.2, 0.25) is 0 Å². The van der Waals surface area contributed by atoms with Crippen LogP contribution >= 0.6 is 0 Å². The Morgan fingerprint density at radius 1 is 1.17 bits per heavy atom. The molecule has 0 spiro atoms. The summed E-state index contributed by atoms with van der Waals surface area (Å²) >= 11 is 0. The molecular weight excluding hydrogens is 384 g/mol. The summed E-state index contributed by atoms with van der Waals surface area (Å²) in [6.07, 6.45) is 2.32. The van der Waals surface area contributed by atoms with Gasteiger partial charge in [-0.1, -0.05) is 12.1 Å². The van der Waals surface area contributed by atoms with E-state index < -0.39 is 5.97 Å². The van der Waals surface area contributed by atoms with Crippen LogP contribution in [0.15, 0.2) is 30.9 Å². The van der Waals surface area contributed by atoms with Crippen molar-refractivity contribution in [2.45, 2.75) is 33.7 Å². The van der Waals surface area contributed by atoms with E-state index in [-0.39, 0.29) is 12.5 Å². The molecule has 162 valence electrons. The molecule has 0 saturated heterocycles. The van der Waals surface area contributed by atoms with Crippen LogP contribution in [-0.2, 0) is 17.7 Å². The topological polar surface area (TPSA) is 78.8 Å². The Labute approximate surface area is 177 Å².